The standard InChI is InChI=1S/C26H23FN4O3/c27-19-7-5-18(6-8-19)25(24-22-15-21(31(33)34)11-12-23(22)29-26(24)32)28-20-9-3-17(4-10-20)16-30-13-1-2-14-30/h3-12,15,28H,1-2,13-14,16H2,(H,29,32). The maximum absolute atomic E-state index is 13.6. The van der Waals surface area contributed by atoms with E-state index in [1.54, 1.807) is 12.1 Å². The fraction of sp³-hybridized carbons (Fsp3) is 0.192. The van der Waals surface area contributed by atoms with Crippen LogP contribution in [0.2, 0.25) is 0 Å². The summed E-state index contributed by atoms with van der Waals surface area (Å²) in [5.41, 5.74) is 4.07. The van der Waals surface area contributed by atoms with Crippen molar-refractivity contribution in [3.63, 3.8) is 0 Å². The number of nitrogens with one attached hydrogen (secondary N) is 2. The van der Waals surface area contributed by atoms with E-state index in [1.165, 1.54) is 48.7 Å². The van der Waals surface area contributed by atoms with Crippen molar-refractivity contribution in [1.29, 1.82) is 0 Å². The molecule has 0 aliphatic carbocycles. The van der Waals surface area contributed by atoms with Gasteiger partial charge in [0.25, 0.3) is 11.6 Å². The highest BCUT2D eigenvalue weighted by Crippen LogP contribution is 2.39. The molecule has 0 spiro atoms. The first kappa shape index (κ1) is 21.8. The van der Waals surface area contributed by atoms with E-state index in [9.17, 15) is 19.3 Å². The molecule has 2 N–H and O–H groups in total. The third-order valence-electron chi connectivity index (χ3n) is 6.17. The molecule has 7 nitrogen and oxygen atoms in total. The largest absolute Gasteiger partial charge is 0.354 e. The zero-order valence-electron chi connectivity index (χ0n) is 18.4. The van der Waals surface area contributed by atoms with Crippen LogP contribution in [0, 0.1) is 15.9 Å². The summed E-state index contributed by atoms with van der Waals surface area (Å²) < 4.78 is 13.6. The molecule has 5 rings (SSSR count). The molecule has 2 heterocycles. The van der Waals surface area contributed by atoms with Gasteiger partial charge in [-0.05, 0) is 79.5 Å². The first-order chi connectivity index (χ1) is 16.5. The Hall–Kier alpha value is -4.04. The maximum Gasteiger partial charge on any atom is 0.270 e. The quantitative estimate of drug-likeness (QED) is 0.299. The second kappa shape index (κ2) is 9.07. The minimum absolute atomic E-state index is 0.113. The van der Waals surface area contributed by atoms with Gasteiger partial charge in [0.15, 0.2) is 0 Å². The topological polar surface area (TPSA) is 87.5 Å². The van der Waals surface area contributed by atoms with Crippen LogP contribution >= 0.6 is 0 Å². The number of nitrogens with zero attached hydrogens (tertiary/aromatic N) is 2. The Labute approximate surface area is 196 Å². The van der Waals surface area contributed by atoms with Crippen LogP contribution in [0.1, 0.15) is 29.5 Å². The molecular formula is C26H23FN4O3. The number of hydrogen-bond donors (Lipinski definition) is 2. The molecular weight excluding hydrogens is 435 g/mol. The third kappa shape index (κ3) is 4.40. The van der Waals surface area contributed by atoms with E-state index in [1.807, 2.05) is 24.3 Å². The van der Waals surface area contributed by atoms with E-state index in [-0.39, 0.29) is 17.2 Å². The van der Waals surface area contributed by atoms with Crippen molar-refractivity contribution < 1.29 is 14.1 Å². The molecule has 2 aliphatic heterocycles. The second-order valence-electron chi connectivity index (χ2n) is 8.50. The van der Waals surface area contributed by atoms with Crippen LogP contribution < -0.4 is 10.6 Å². The van der Waals surface area contributed by atoms with Crippen molar-refractivity contribution in [3.8, 4) is 0 Å². The lowest BCUT2D eigenvalue weighted by Crippen LogP contribution is -2.18. The van der Waals surface area contributed by atoms with Gasteiger partial charge in [0.05, 0.1) is 16.2 Å². The second-order valence-corrected chi connectivity index (χ2v) is 8.50. The van der Waals surface area contributed by atoms with Crippen molar-refractivity contribution in [2.24, 2.45) is 0 Å². The van der Waals surface area contributed by atoms with Crippen LogP contribution in [-0.2, 0) is 11.3 Å². The number of benzene rings is 3. The van der Waals surface area contributed by atoms with Crippen LogP contribution in [0.5, 0.6) is 0 Å². The molecule has 0 bridgehead atoms. The Morgan fingerprint density at radius 2 is 1.74 bits per heavy atom. The molecule has 0 radical (unpaired) electrons. The van der Waals surface area contributed by atoms with Crippen molar-refractivity contribution in [2.75, 3.05) is 23.7 Å². The molecule has 2 aliphatic rings. The summed E-state index contributed by atoms with van der Waals surface area (Å²) in [7, 11) is 0. The molecule has 8 heteroatoms. The van der Waals surface area contributed by atoms with Crippen LogP contribution in [0.15, 0.2) is 66.7 Å². The van der Waals surface area contributed by atoms with Crippen LogP contribution in [0.3, 0.4) is 0 Å². The van der Waals surface area contributed by atoms with Gasteiger partial charge < -0.3 is 10.6 Å². The van der Waals surface area contributed by atoms with Gasteiger partial charge in [-0.15, -0.1) is 0 Å². The van der Waals surface area contributed by atoms with Gasteiger partial charge in [-0.1, -0.05) is 12.1 Å². The first-order valence-electron chi connectivity index (χ1n) is 11.2. The number of amides is 1. The highest BCUT2D eigenvalue weighted by molar-refractivity contribution is 6.37. The Bertz CT molecular complexity index is 1280. The normalized spacial score (nSPS) is 16.8. The monoisotopic (exact) mass is 458 g/mol. The number of nitro benzene ring substituents is 1. The van der Waals surface area contributed by atoms with E-state index in [0.29, 0.717) is 22.5 Å². The molecule has 1 amide bonds. The zero-order valence-corrected chi connectivity index (χ0v) is 18.4. The van der Waals surface area contributed by atoms with Gasteiger partial charge in [0.2, 0.25) is 0 Å². The molecule has 3 aromatic carbocycles. The number of carbonyl (C=O) groups is 1. The number of carbonyl (C=O) groups excluding carboxylic acids is 1. The van der Waals surface area contributed by atoms with Crippen LogP contribution in [-0.4, -0.2) is 28.8 Å². The SMILES string of the molecule is O=C1Nc2ccc([N+](=O)[O-])cc2C1=C(Nc1ccc(CN2CCCC2)cc1)c1ccc(F)cc1. The Kier molecular flexibility index (Phi) is 5.81. The molecule has 0 unspecified atom stereocenters. The lowest BCUT2D eigenvalue weighted by molar-refractivity contribution is -0.384. The average Bonchev–Trinajstić information content (AvgIpc) is 3.45. The Morgan fingerprint density at radius 1 is 1.03 bits per heavy atom. The number of fused-ring (bicyclic) bond motifs is 1. The van der Waals surface area contributed by atoms with Gasteiger partial charge in [0.1, 0.15) is 5.82 Å². The summed E-state index contributed by atoms with van der Waals surface area (Å²) in [6, 6.07) is 18.0. The molecule has 3 aromatic rings. The van der Waals surface area contributed by atoms with E-state index >= 15 is 0 Å². The highest BCUT2D eigenvalue weighted by atomic mass is 19.1. The third-order valence-corrected chi connectivity index (χ3v) is 6.17. The molecule has 172 valence electrons. The molecule has 0 aromatic heterocycles. The fourth-order valence-corrected chi connectivity index (χ4v) is 4.45. The van der Waals surface area contributed by atoms with Gasteiger partial charge in [0, 0.05) is 35.6 Å². The highest BCUT2D eigenvalue weighted by Gasteiger charge is 2.30. The van der Waals surface area contributed by atoms with Crippen molar-refractivity contribution in [1.82, 2.24) is 4.90 Å². The van der Waals surface area contributed by atoms with Crippen molar-refractivity contribution in [2.45, 2.75) is 19.4 Å². The number of rotatable bonds is 6. The molecule has 0 atom stereocenters. The van der Waals surface area contributed by atoms with Crippen molar-refractivity contribution >= 4 is 34.2 Å². The predicted octanol–water partition coefficient (Wildman–Crippen LogP) is 5.26. The number of nitro groups is 1. The first-order valence-corrected chi connectivity index (χ1v) is 11.2. The van der Waals surface area contributed by atoms with Crippen LogP contribution in [0.25, 0.3) is 11.3 Å². The lowest BCUT2D eigenvalue weighted by atomic mass is 9.99. The minimum atomic E-state index is -0.495. The number of likely N-dealkylation sites (tertiary alicyclic amines) is 1. The lowest BCUT2D eigenvalue weighted by Gasteiger charge is -2.17. The van der Waals surface area contributed by atoms with E-state index in [4.69, 9.17) is 0 Å². The van der Waals surface area contributed by atoms with Crippen molar-refractivity contribution in [3.05, 3.63) is 99.4 Å². The zero-order chi connectivity index (χ0) is 23.7. The molecule has 1 saturated heterocycles. The minimum Gasteiger partial charge on any atom is -0.354 e. The fourth-order valence-electron chi connectivity index (χ4n) is 4.45. The number of non-ortho nitro benzene ring substituents is 1. The average molecular weight is 458 g/mol. The Balaban J connectivity index is 1.54. The smallest absolute Gasteiger partial charge is 0.270 e. The number of halogens is 1. The van der Waals surface area contributed by atoms with Gasteiger partial charge in [-0.3, -0.25) is 19.8 Å². The summed E-state index contributed by atoms with van der Waals surface area (Å²) in [6.45, 7) is 3.12. The van der Waals surface area contributed by atoms with Gasteiger partial charge in [-0.25, -0.2) is 4.39 Å². The van der Waals surface area contributed by atoms with Crippen LogP contribution in [0.4, 0.5) is 21.5 Å². The van der Waals surface area contributed by atoms with E-state index in [0.717, 1.165) is 25.3 Å². The maximum atomic E-state index is 13.6. The number of hydrogen-bond acceptors (Lipinski definition) is 5. The molecule has 34 heavy (non-hydrogen) atoms. The molecule has 0 saturated carbocycles. The molecule has 1 fully saturated rings. The summed E-state index contributed by atoms with van der Waals surface area (Å²) in [6.07, 6.45) is 2.46. The summed E-state index contributed by atoms with van der Waals surface area (Å²) in [5.74, 6) is -0.778. The van der Waals surface area contributed by atoms with Gasteiger partial charge >= 0.3 is 0 Å². The number of anilines is 2. The van der Waals surface area contributed by atoms with E-state index < -0.39 is 10.7 Å². The summed E-state index contributed by atoms with van der Waals surface area (Å²) in [5, 5.41) is 17.4. The summed E-state index contributed by atoms with van der Waals surface area (Å²) >= 11 is 0. The van der Waals surface area contributed by atoms with E-state index in [2.05, 4.69) is 15.5 Å². The summed E-state index contributed by atoms with van der Waals surface area (Å²) in [4.78, 5) is 26.2. The van der Waals surface area contributed by atoms with Gasteiger partial charge in [-0.2, -0.15) is 0 Å². The predicted molar refractivity (Wildman–Crippen MR) is 130 cm³/mol. The Morgan fingerprint density at radius 3 is 2.41 bits per heavy atom.